The lowest BCUT2D eigenvalue weighted by Gasteiger charge is -2.42. The molecule has 114 valence electrons. The molecule has 1 N–H and O–H groups in total. The van der Waals surface area contributed by atoms with Crippen LogP contribution in [0, 0.1) is 17.3 Å². The highest BCUT2D eigenvalue weighted by molar-refractivity contribution is 5.08. The molecular formula is C18H31NO. The molecule has 1 saturated carbocycles. The van der Waals surface area contributed by atoms with E-state index in [0.717, 1.165) is 24.8 Å². The van der Waals surface area contributed by atoms with Crippen molar-refractivity contribution in [1.82, 2.24) is 5.32 Å². The van der Waals surface area contributed by atoms with Crippen molar-refractivity contribution in [2.75, 3.05) is 6.54 Å². The first kappa shape index (κ1) is 15.6. The number of rotatable bonds is 5. The van der Waals surface area contributed by atoms with Gasteiger partial charge in [0.2, 0.25) is 0 Å². The fourth-order valence-electron chi connectivity index (χ4n) is 3.59. The summed E-state index contributed by atoms with van der Waals surface area (Å²) in [5.74, 6) is 1.59. The zero-order valence-electron chi connectivity index (χ0n) is 13.6. The van der Waals surface area contributed by atoms with E-state index in [9.17, 15) is 0 Å². The minimum Gasteiger partial charge on any atom is -0.472 e. The molecule has 2 nitrogen and oxygen atoms in total. The lowest BCUT2D eigenvalue weighted by Crippen LogP contribution is -2.44. The molecule has 2 heteroatoms. The first-order valence-corrected chi connectivity index (χ1v) is 8.25. The van der Waals surface area contributed by atoms with Crippen LogP contribution in [0.3, 0.4) is 0 Å². The predicted octanol–water partition coefficient (Wildman–Crippen LogP) is 4.65. The minimum atomic E-state index is 0.435. The summed E-state index contributed by atoms with van der Waals surface area (Å²) in [6, 6.07) is 2.81. The summed E-state index contributed by atoms with van der Waals surface area (Å²) in [5.41, 5.74) is 1.79. The van der Waals surface area contributed by atoms with Crippen LogP contribution in [0.5, 0.6) is 0 Å². The van der Waals surface area contributed by atoms with Gasteiger partial charge in [-0.1, -0.05) is 27.7 Å². The molecule has 0 aromatic carbocycles. The van der Waals surface area contributed by atoms with Gasteiger partial charge in [-0.25, -0.2) is 0 Å². The topological polar surface area (TPSA) is 25.2 Å². The van der Waals surface area contributed by atoms with Gasteiger partial charge in [-0.2, -0.15) is 0 Å². The average Bonchev–Trinajstić information content (AvgIpc) is 2.89. The quantitative estimate of drug-likeness (QED) is 0.847. The zero-order valence-corrected chi connectivity index (χ0v) is 13.6. The SMILES string of the molecule is CCCNC1CCC(C(C)(C)C)CC1Cc1ccoc1. The molecule has 1 aromatic rings. The van der Waals surface area contributed by atoms with Gasteiger partial charge in [0.25, 0.3) is 0 Å². The highest BCUT2D eigenvalue weighted by Gasteiger charge is 2.35. The third-order valence-corrected chi connectivity index (χ3v) is 4.94. The minimum absolute atomic E-state index is 0.435. The van der Waals surface area contributed by atoms with Crippen molar-refractivity contribution in [3.63, 3.8) is 0 Å². The molecule has 1 aromatic heterocycles. The van der Waals surface area contributed by atoms with Crippen LogP contribution in [0.15, 0.2) is 23.0 Å². The van der Waals surface area contributed by atoms with E-state index in [4.69, 9.17) is 4.42 Å². The van der Waals surface area contributed by atoms with Crippen LogP contribution in [0.2, 0.25) is 0 Å². The Bertz CT molecular complexity index is 377. The summed E-state index contributed by atoms with van der Waals surface area (Å²) in [4.78, 5) is 0. The van der Waals surface area contributed by atoms with Crippen molar-refractivity contribution < 1.29 is 4.42 Å². The molecule has 20 heavy (non-hydrogen) atoms. The second kappa shape index (κ2) is 6.80. The molecule has 0 saturated heterocycles. The van der Waals surface area contributed by atoms with Crippen molar-refractivity contribution in [3.05, 3.63) is 24.2 Å². The van der Waals surface area contributed by atoms with E-state index in [1.165, 1.54) is 31.2 Å². The van der Waals surface area contributed by atoms with Gasteiger partial charge < -0.3 is 9.73 Å². The maximum Gasteiger partial charge on any atom is 0.0934 e. The fourth-order valence-corrected chi connectivity index (χ4v) is 3.59. The Morgan fingerprint density at radius 3 is 2.70 bits per heavy atom. The van der Waals surface area contributed by atoms with E-state index in [2.05, 4.69) is 39.1 Å². The van der Waals surface area contributed by atoms with Crippen molar-refractivity contribution in [3.8, 4) is 0 Å². The Balaban J connectivity index is 2.02. The maximum atomic E-state index is 5.25. The van der Waals surface area contributed by atoms with E-state index >= 15 is 0 Å². The van der Waals surface area contributed by atoms with Gasteiger partial charge in [0.1, 0.15) is 0 Å². The van der Waals surface area contributed by atoms with E-state index in [1.807, 2.05) is 6.26 Å². The van der Waals surface area contributed by atoms with Gasteiger partial charge in [-0.15, -0.1) is 0 Å². The second-order valence-corrected chi connectivity index (χ2v) is 7.53. The lowest BCUT2D eigenvalue weighted by atomic mass is 9.66. The Hall–Kier alpha value is -0.760. The van der Waals surface area contributed by atoms with Crippen molar-refractivity contribution >= 4 is 0 Å². The normalized spacial score (nSPS) is 27.7. The number of hydrogen-bond donors (Lipinski definition) is 1. The van der Waals surface area contributed by atoms with Crippen LogP contribution in [0.4, 0.5) is 0 Å². The molecule has 0 radical (unpaired) electrons. The molecule has 3 atom stereocenters. The standard InChI is InChI=1S/C18H31NO/c1-5-9-19-17-7-6-16(18(2,3)4)12-15(17)11-14-8-10-20-13-14/h8,10,13,15-17,19H,5-7,9,11-12H2,1-4H3. The Labute approximate surface area is 124 Å². The third kappa shape index (κ3) is 4.12. The van der Waals surface area contributed by atoms with Crippen LogP contribution in [0.1, 0.15) is 58.9 Å². The summed E-state index contributed by atoms with van der Waals surface area (Å²) in [5, 5.41) is 3.78. The maximum absolute atomic E-state index is 5.25. The second-order valence-electron chi connectivity index (χ2n) is 7.53. The van der Waals surface area contributed by atoms with E-state index in [1.54, 1.807) is 6.26 Å². The molecule has 2 rings (SSSR count). The highest BCUT2D eigenvalue weighted by atomic mass is 16.3. The number of nitrogens with one attached hydrogen (secondary N) is 1. The highest BCUT2D eigenvalue weighted by Crippen LogP contribution is 2.41. The van der Waals surface area contributed by atoms with Crippen LogP contribution >= 0.6 is 0 Å². The largest absolute Gasteiger partial charge is 0.472 e. The van der Waals surface area contributed by atoms with Gasteiger partial charge in [-0.05, 0) is 67.5 Å². The smallest absolute Gasteiger partial charge is 0.0934 e. The van der Waals surface area contributed by atoms with E-state index in [0.29, 0.717) is 11.5 Å². The summed E-state index contributed by atoms with van der Waals surface area (Å²) < 4.78 is 5.25. The molecule has 1 fully saturated rings. The monoisotopic (exact) mass is 277 g/mol. The molecule has 3 unspecified atom stereocenters. The van der Waals surface area contributed by atoms with Crippen molar-refractivity contribution in [2.24, 2.45) is 17.3 Å². The zero-order chi connectivity index (χ0) is 14.6. The Kier molecular flexibility index (Phi) is 5.31. The van der Waals surface area contributed by atoms with Gasteiger partial charge in [0.05, 0.1) is 12.5 Å². The summed E-state index contributed by atoms with van der Waals surface area (Å²) in [6.07, 6.45) is 10.1. The first-order valence-electron chi connectivity index (χ1n) is 8.25. The fraction of sp³-hybridized carbons (Fsp3) is 0.778. The third-order valence-electron chi connectivity index (χ3n) is 4.94. The molecular weight excluding hydrogens is 246 g/mol. The van der Waals surface area contributed by atoms with Gasteiger partial charge in [-0.3, -0.25) is 0 Å². The molecule has 0 amide bonds. The Morgan fingerprint density at radius 2 is 2.10 bits per heavy atom. The van der Waals surface area contributed by atoms with Gasteiger partial charge >= 0.3 is 0 Å². The van der Waals surface area contributed by atoms with Gasteiger partial charge in [0, 0.05) is 6.04 Å². The van der Waals surface area contributed by atoms with E-state index in [-0.39, 0.29) is 0 Å². The van der Waals surface area contributed by atoms with E-state index < -0.39 is 0 Å². The first-order chi connectivity index (χ1) is 9.50. The summed E-state index contributed by atoms with van der Waals surface area (Å²) in [6.45, 7) is 10.6. The predicted molar refractivity (Wildman–Crippen MR) is 84.8 cm³/mol. The molecule has 1 aliphatic carbocycles. The lowest BCUT2D eigenvalue weighted by molar-refractivity contribution is 0.114. The molecule has 0 aliphatic heterocycles. The van der Waals surface area contributed by atoms with Crippen LogP contribution in [-0.2, 0) is 6.42 Å². The summed E-state index contributed by atoms with van der Waals surface area (Å²) >= 11 is 0. The number of hydrogen-bond acceptors (Lipinski definition) is 2. The average molecular weight is 277 g/mol. The van der Waals surface area contributed by atoms with Crippen LogP contribution in [-0.4, -0.2) is 12.6 Å². The molecule has 0 bridgehead atoms. The molecule has 1 aliphatic rings. The van der Waals surface area contributed by atoms with Crippen LogP contribution < -0.4 is 5.32 Å². The van der Waals surface area contributed by atoms with Gasteiger partial charge in [0.15, 0.2) is 0 Å². The molecule has 0 spiro atoms. The summed E-state index contributed by atoms with van der Waals surface area (Å²) in [7, 11) is 0. The van der Waals surface area contributed by atoms with Crippen molar-refractivity contribution in [1.29, 1.82) is 0 Å². The van der Waals surface area contributed by atoms with Crippen LogP contribution in [0.25, 0.3) is 0 Å². The Morgan fingerprint density at radius 1 is 1.30 bits per heavy atom. The molecule has 1 heterocycles. The number of furan rings is 1. The van der Waals surface area contributed by atoms with Crippen molar-refractivity contribution in [2.45, 2.75) is 65.8 Å².